The van der Waals surface area contributed by atoms with Crippen molar-refractivity contribution in [3.63, 3.8) is 0 Å². The van der Waals surface area contributed by atoms with E-state index in [1.54, 1.807) is 13.8 Å². The Labute approximate surface area is 105 Å². The molecule has 2 rings (SSSR count). The van der Waals surface area contributed by atoms with Crippen LogP contribution in [-0.2, 0) is 13.6 Å². The minimum absolute atomic E-state index is 0.188. The summed E-state index contributed by atoms with van der Waals surface area (Å²) in [4.78, 5) is 8.63. The van der Waals surface area contributed by atoms with Crippen molar-refractivity contribution < 1.29 is 18.5 Å². The topological polar surface area (TPSA) is 97.3 Å². The zero-order valence-electron chi connectivity index (χ0n) is 10.2. The van der Waals surface area contributed by atoms with Crippen LogP contribution in [0.25, 0.3) is 11.0 Å². The lowest BCUT2D eigenvalue weighted by atomic mass is 10.3. The Kier molecular flexibility index (Phi) is 5.94. The molecule has 100 valence electrons. The molecule has 0 aliphatic carbocycles. The molecule has 0 radical (unpaired) electrons. The van der Waals surface area contributed by atoms with Crippen LogP contribution in [0.2, 0.25) is 0 Å². The molecule has 0 saturated heterocycles. The number of hydrogen-bond donors (Lipinski definition) is 2. The summed E-state index contributed by atoms with van der Waals surface area (Å²) in [6.45, 7) is 3.63. The molecule has 0 unspecified atom stereocenters. The van der Waals surface area contributed by atoms with Gasteiger partial charge in [0.2, 0.25) is 0 Å². The first-order valence-electron chi connectivity index (χ1n) is 5.46. The molecule has 1 heterocycles. The van der Waals surface area contributed by atoms with Gasteiger partial charge in [0.05, 0.1) is 13.2 Å². The third kappa shape index (κ3) is 4.93. The number of fused-ring (bicyclic) bond motifs is 1. The summed E-state index contributed by atoms with van der Waals surface area (Å²) < 4.78 is 19.2. The number of nitrogens with one attached hydrogen (secondary N) is 1. The van der Waals surface area contributed by atoms with Crippen LogP contribution in [0.3, 0.4) is 0 Å². The SMILES string of the molecule is CCOP(=O)(O)OCC.c1ccc2n[nH]nc2c1. The molecule has 0 aliphatic heterocycles. The van der Waals surface area contributed by atoms with Gasteiger partial charge in [-0.1, -0.05) is 12.1 Å². The molecule has 0 fully saturated rings. The van der Waals surface area contributed by atoms with Crippen molar-refractivity contribution in [3.8, 4) is 0 Å². The lowest BCUT2D eigenvalue weighted by Crippen LogP contribution is -1.93. The van der Waals surface area contributed by atoms with Gasteiger partial charge in [-0.15, -0.1) is 0 Å². The standard InChI is InChI=1S/C6H5N3.C4H11O4P/c1-2-4-6-5(3-1)7-9-8-6;1-3-7-9(5,6)8-4-2/h1-4H,(H,7,8,9);3-4H2,1-2H3,(H,5,6). The van der Waals surface area contributed by atoms with Crippen molar-refractivity contribution in [1.29, 1.82) is 0 Å². The molecule has 2 aromatic rings. The summed E-state index contributed by atoms with van der Waals surface area (Å²) in [6, 6.07) is 7.70. The fraction of sp³-hybridized carbons (Fsp3) is 0.400. The molecule has 0 spiro atoms. The number of H-pyrrole nitrogens is 1. The zero-order chi connectivity index (χ0) is 13.4. The smallest absolute Gasteiger partial charge is 0.302 e. The van der Waals surface area contributed by atoms with Gasteiger partial charge < -0.3 is 4.89 Å². The number of phosphoric acid groups is 1. The maximum absolute atomic E-state index is 10.5. The Hall–Kier alpha value is -1.27. The largest absolute Gasteiger partial charge is 0.472 e. The summed E-state index contributed by atoms with van der Waals surface area (Å²) >= 11 is 0. The Morgan fingerprint density at radius 3 is 2.00 bits per heavy atom. The number of nitrogens with zero attached hydrogens (tertiary/aromatic N) is 2. The second kappa shape index (κ2) is 7.23. The molecule has 2 N–H and O–H groups in total. The number of benzene rings is 1. The van der Waals surface area contributed by atoms with Crippen molar-refractivity contribution >= 4 is 18.9 Å². The van der Waals surface area contributed by atoms with Crippen LogP contribution < -0.4 is 0 Å². The Bertz CT molecular complexity index is 476. The minimum atomic E-state index is -3.69. The highest BCUT2D eigenvalue weighted by atomic mass is 31.2. The molecule has 0 aliphatic rings. The highest BCUT2D eigenvalue weighted by molar-refractivity contribution is 7.47. The van der Waals surface area contributed by atoms with Crippen molar-refractivity contribution in [1.82, 2.24) is 15.4 Å². The van der Waals surface area contributed by atoms with Gasteiger partial charge in [0.1, 0.15) is 11.0 Å². The molecule has 0 bridgehead atoms. The number of rotatable bonds is 4. The van der Waals surface area contributed by atoms with E-state index in [-0.39, 0.29) is 13.2 Å². The molecule has 0 saturated carbocycles. The summed E-state index contributed by atoms with van der Waals surface area (Å²) in [6.07, 6.45) is 0. The Morgan fingerprint density at radius 1 is 1.17 bits per heavy atom. The van der Waals surface area contributed by atoms with E-state index in [1.165, 1.54) is 0 Å². The lowest BCUT2D eigenvalue weighted by molar-refractivity contribution is 0.161. The number of hydrogen-bond acceptors (Lipinski definition) is 5. The first kappa shape index (κ1) is 14.8. The van der Waals surface area contributed by atoms with E-state index in [0.717, 1.165) is 11.0 Å². The monoisotopic (exact) mass is 273 g/mol. The molecule has 8 heteroatoms. The molecule has 1 aromatic carbocycles. The van der Waals surface area contributed by atoms with Gasteiger partial charge in [-0.05, 0) is 26.0 Å². The number of aromatic amines is 1. The minimum Gasteiger partial charge on any atom is -0.302 e. The first-order valence-corrected chi connectivity index (χ1v) is 6.96. The summed E-state index contributed by atoms with van der Waals surface area (Å²) in [5.74, 6) is 0. The summed E-state index contributed by atoms with van der Waals surface area (Å²) in [7, 11) is -3.69. The number of para-hydroxylation sites is 2. The van der Waals surface area contributed by atoms with Crippen molar-refractivity contribution in [2.24, 2.45) is 0 Å². The molecule has 1 aromatic heterocycles. The molecule has 0 atom stereocenters. The van der Waals surface area contributed by atoms with Crippen LogP contribution in [0.4, 0.5) is 0 Å². The fourth-order valence-corrected chi connectivity index (χ4v) is 1.88. The molecule has 0 amide bonds. The van der Waals surface area contributed by atoms with E-state index in [4.69, 9.17) is 4.89 Å². The van der Waals surface area contributed by atoms with Gasteiger partial charge in [0.25, 0.3) is 0 Å². The fourth-order valence-electron chi connectivity index (χ4n) is 1.15. The highest BCUT2D eigenvalue weighted by Gasteiger charge is 2.17. The van der Waals surface area contributed by atoms with Gasteiger partial charge in [0.15, 0.2) is 0 Å². The van der Waals surface area contributed by atoms with Gasteiger partial charge in [0, 0.05) is 0 Å². The van der Waals surface area contributed by atoms with Crippen LogP contribution >= 0.6 is 7.82 Å². The summed E-state index contributed by atoms with van der Waals surface area (Å²) in [5.41, 5.74) is 1.83. The van der Waals surface area contributed by atoms with Crippen molar-refractivity contribution in [2.45, 2.75) is 13.8 Å². The maximum atomic E-state index is 10.5. The average Bonchev–Trinajstić information content (AvgIpc) is 2.77. The average molecular weight is 273 g/mol. The lowest BCUT2D eigenvalue weighted by Gasteiger charge is -2.07. The van der Waals surface area contributed by atoms with E-state index < -0.39 is 7.82 Å². The predicted octanol–water partition coefficient (Wildman–Crippen LogP) is 2.12. The molecule has 18 heavy (non-hydrogen) atoms. The molecule has 7 nitrogen and oxygen atoms in total. The third-order valence-corrected chi connectivity index (χ3v) is 2.98. The highest BCUT2D eigenvalue weighted by Crippen LogP contribution is 2.42. The van der Waals surface area contributed by atoms with E-state index in [2.05, 4.69) is 24.5 Å². The van der Waals surface area contributed by atoms with Crippen LogP contribution in [0.1, 0.15) is 13.8 Å². The van der Waals surface area contributed by atoms with Crippen LogP contribution in [-0.4, -0.2) is 33.5 Å². The van der Waals surface area contributed by atoms with Crippen LogP contribution in [0.15, 0.2) is 24.3 Å². The van der Waals surface area contributed by atoms with Gasteiger partial charge >= 0.3 is 7.82 Å². The zero-order valence-corrected chi connectivity index (χ0v) is 11.1. The quantitative estimate of drug-likeness (QED) is 0.828. The Morgan fingerprint density at radius 2 is 1.61 bits per heavy atom. The first-order chi connectivity index (χ1) is 8.59. The predicted molar refractivity (Wildman–Crippen MR) is 67.0 cm³/mol. The van der Waals surface area contributed by atoms with Gasteiger partial charge in [-0.3, -0.25) is 9.05 Å². The molecular formula is C10H16N3O4P. The van der Waals surface area contributed by atoms with Crippen LogP contribution in [0.5, 0.6) is 0 Å². The number of aromatic nitrogens is 3. The normalized spacial score (nSPS) is 11.1. The second-order valence-electron chi connectivity index (χ2n) is 3.12. The Balaban J connectivity index is 0.000000180. The summed E-state index contributed by atoms with van der Waals surface area (Å²) in [5, 5.41) is 10.3. The third-order valence-electron chi connectivity index (χ3n) is 1.81. The van der Waals surface area contributed by atoms with Crippen molar-refractivity contribution in [2.75, 3.05) is 13.2 Å². The van der Waals surface area contributed by atoms with Crippen LogP contribution in [0, 0.1) is 0 Å². The van der Waals surface area contributed by atoms with Crippen molar-refractivity contribution in [3.05, 3.63) is 24.3 Å². The van der Waals surface area contributed by atoms with E-state index in [0.29, 0.717) is 0 Å². The van der Waals surface area contributed by atoms with E-state index >= 15 is 0 Å². The number of phosphoric ester groups is 1. The van der Waals surface area contributed by atoms with Gasteiger partial charge in [-0.25, -0.2) is 4.57 Å². The van der Waals surface area contributed by atoms with E-state index in [9.17, 15) is 4.57 Å². The van der Waals surface area contributed by atoms with Gasteiger partial charge in [-0.2, -0.15) is 15.4 Å². The van der Waals surface area contributed by atoms with E-state index in [1.807, 2.05) is 24.3 Å². The maximum Gasteiger partial charge on any atom is 0.472 e. The molecular weight excluding hydrogens is 257 g/mol. The second-order valence-corrected chi connectivity index (χ2v) is 4.57.